The van der Waals surface area contributed by atoms with Crippen LogP contribution in [0.3, 0.4) is 0 Å². The van der Waals surface area contributed by atoms with Crippen LogP contribution >= 0.6 is 11.6 Å². The predicted octanol–water partition coefficient (Wildman–Crippen LogP) is 5.10. The van der Waals surface area contributed by atoms with E-state index in [4.69, 9.17) is 21.6 Å². The van der Waals surface area contributed by atoms with Gasteiger partial charge in [-0.2, -0.15) is 10.4 Å². The molecule has 3 rings (SSSR count). The van der Waals surface area contributed by atoms with E-state index in [9.17, 15) is 4.79 Å². The van der Waals surface area contributed by atoms with Gasteiger partial charge in [-0.3, -0.25) is 4.79 Å². The molecule has 0 unspecified atom stereocenters. The van der Waals surface area contributed by atoms with E-state index in [1.165, 1.54) is 6.21 Å². The number of halogens is 1. The molecule has 5 nitrogen and oxygen atoms in total. The number of ether oxygens (including phenoxy) is 1. The van der Waals surface area contributed by atoms with Crippen molar-refractivity contribution in [1.29, 1.82) is 5.26 Å². The van der Waals surface area contributed by atoms with Crippen molar-refractivity contribution in [2.75, 3.05) is 0 Å². The zero-order valence-corrected chi connectivity index (χ0v) is 18.1. The third-order valence-corrected chi connectivity index (χ3v) is 4.93. The first-order valence-electron chi connectivity index (χ1n) is 9.74. The number of rotatable bonds is 7. The van der Waals surface area contributed by atoms with Crippen LogP contribution in [0.15, 0.2) is 65.8 Å². The Morgan fingerprint density at radius 2 is 1.90 bits per heavy atom. The monoisotopic (exact) mass is 431 g/mol. The van der Waals surface area contributed by atoms with Gasteiger partial charge < -0.3 is 4.74 Å². The van der Waals surface area contributed by atoms with Gasteiger partial charge in [0.05, 0.1) is 24.3 Å². The summed E-state index contributed by atoms with van der Waals surface area (Å²) in [6.07, 6.45) is 1.76. The zero-order chi connectivity index (χ0) is 22.2. The van der Waals surface area contributed by atoms with Crippen LogP contribution in [0.1, 0.15) is 33.4 Å². The van der Waals surface area contributed by atoms with E-state index in [2.05, 4.69) is 22.7 Å². The van der Waals surface area contributed by atoms with Crippen molar-refractivity contribution < 1.29 is 9.53 Å². The van der Waals surface area contributed by atoms with E-state index in [-0.39, 0.29) is 12.3 Å². The molecule has 0 radical (unpaired) electrons. The topological polar surface area (TPSA) is 74.5 Å². The number of hydrogen-bond donors (Lipinski definition) is 1. The van der Waals surface area contributed by atoms with E-state index >= 15 is 0 Å². The second-order valence-electron chi connectivity index (χ2n) is 7.18. The first-order valence-corrected chi connectivity index (χ1v) is 10.1. The Balaban J connectivity index is 1.63. The summed E-state index contributed by atoms with van der Waals surface area (Å²) in [6, 6.07) is 20.5. The number of nitrogens with zero attached hydrogens (tertiary/aromatic N) is 2. The smallest absolute Gasteiger partial charge is 0.244 e. The minimum atomic E-state index is -0.203. The molecule has 0 aliphatic rings. The Kier molecular flexibility index (Phi) is 7.42. The van der Waals surface area contributed by atoms with Crippen molar-refractivity contribution in [3.8, 4) is 11.8 Å². The second-order valence-corrected chi connectivity index (χ2v) is 7.62. The average molecular weight is 432 g/mol. The van der Waals surface area contributed by atoms with Gasteiger partial charge in [-0.15, -0.1) is 0 Å². The molecule has 6 heteroatoms. The Bertz CT molecular complexity index is 1150. The van der Waals surface area contributed by atoms with E-state index in [1.54, 1.807) is 30.3 Å². The summed E-state index contributed by atoms with van der Waals surface area (Å²) in [7, 11) is 0. The van der Waals surface area contributed by atoms with Gasteiger partial charge >= 0.3 is 0 Å². The van der Waals surface area contributed by atoms with Gasteiger partial charge in [0.1, 0.15) is 12.4 Å². The van der Waals surface area contributed by atoms with Crippen LogP contribution in [0.2, 0.25) is 5.02 Å². The van der Waals surface area contributed by atoms with Crippen LogP contribution in [0.4, 0.5) is 0 Å². The standard InChI is InChI=1S/C25H22ClN3O2/c1-17-3-8-21(18(2)11-17)13-25(30)29-28-15-22-12-23(26)9-10-24(22)31-16-20-6-4-19(14-27)5-7-20/h3-12,15H,13,16H2,1-2H3,(H,29,30)/b28-15-. The van der Waals surface area contributed by atoms with Crippen molar-refractivity contribution in [1.82, 2.24) is 5.43 Å². The molecule has 0 saturated heterocycles. The van der Waals surface area contributed by atoms with E-state index in [1.807, 2.05) is 38.1 Å². The number of benzene rings is 3. The Labute approximate surface area is 186 Å². The van der Waals surface area contributed by atoms with Crippen LogP contribution in [0, 0.1) is 25.2 Å². The largest absolute Gasteiger partial charge is 0.488 e. The molecule has 0 atom stereocenters. The van der Waals surface area contributed by atoms with Crippen molar-refractivity contribution in [3.63, 3.8) is 0 Å². The van der Waals surface area contributed by atoms with Crippen LogP contribution in [0.25, 0.3) is 0 Å². The molecule has 31 heavy (non-hydrogen) atoms. The fourth-order valence-corrected chi connectivity index (χ4v) is 3.20. The zero-order valence-electron chi connectivity index (χ0n) is 17.4. The van der Waals surface area contributed by atoms with Gasteiger partial charge in [-0.05, 0) is 60.9 Å². The number of carbonyl (C=O) groups excluding carboxylic acids is 1. The minimum absolute atomic E-state index is 0.203. The van der Waals surface area contributed by atoms with Gasteiger partial charge in [0, 0.05) is 10.6 Å². The summed E-state index contributed by atoms with van der Waals surface area (Å²) in [4.78, 5) is 12.2. The SMILES string of the molecule is Cc1ccc(CC(=O)N/N=C\c2cc(Cl)ccc2OCc2ccc(C#N)cc2)c(C)c1. The summed E-state index contributed by atoms with van der Waals surface area (Å²) in [6.45, 7) is 4.34. The fraction of sp³-hybridized carbons (Fsp3) is 0.160. The fourth-order valence-electron chi connectivity index (χ4n) is 3.02. The van der Waals surface area contributed by atoms with E-state index in [0.29, 0.717) is 28.5 Å². The first kappa shape index (κ1) is 22.1. The number of hydrazone groups is 1. The molecule has 0 fully saturated rings. The maximum Gasteiger partial charge on any atom is 0.244 e. The highest BCUT2D eigenvalue weighted by atomic mass is 35.5. The van der Waals surface area contributed by atoms with Crippen LogP contribution < -0.4 is 10.2 Å². The molecule has 1 amide bonds. The van der Waals surface area contributed by atoms with Gasteiger partial charge in [0.2, 0.25) is 5.91 Å². The Hall–Kier alpha value is -3.62. The van der Waals surface area contributed by atoms with Gasteiger partial charge in [0.25, 0.3) is 0 Å². The summed E-state index contributed by atoms with van der Waals surface area (Å²) >= 11 is 6.11. The number of nitrogens with one attached hydrogen (secondary N) is 1. The quantitative estimate of drug-likeness (QED) is 0.417. The summed E-state index contributed by atoms with van der Waals surface area (Å²) < 4.78 is 5.89. The molecule has 0 aromatic heterocycles. The molecule has 0 heterocycles. The maximum absolute atomic E-state index is 12.2. The lowest BCUT2D eigenvalue weighted by Gasteiger charge is -2.10. The lowest BCUT2D eigenvalue weighted by molar-refractivity contribution is -0.120. The van der Waals surface area contributed by atoms with Gasteiger partial charge in [-0.1, -0.05) is 47.5 Å². The minimum Gasteiger partial charge on any atom is -0.488 e. The molecular formula is C25H22ClN3O2. The molecular weight excluding hydrogens is 410 g/mol. The maximum atomic E-state index is 12.2. The molecule has 3 aromatic carbocycles. The molecule has 0 bridgehead atoms. The first-order chi connectivity index (χ1) is 14.9. The third-order valence-electron chi connectivity index (χ3n) is 4.69. The van der Waals surface area contributed by atoms with Gasteiger partial charge in [0.15, 0.2) is 0 Å². The molecule has 0 spiro atoms. The molecule has 0 saturated carbocycles. The van der Waals surface area contributed by atoms with Crippen molar-refractivity contribution in [2.24, 2.45) is 5.10 Å². The highest BCUT2D eigenvalue weighted by molar-refractivity contribution is 6.30. The van der Waals surface area contributed by atoms with Crippen molar-refractivity contribution in [3.05, 3.63) is 99.1 Å². The Morgan fingerprint density at radius 1 is 1.13 bits per heavy atom. The van der Waals surface area contributed by atoms with Gasteiger partial charge in [-0.25, -0.2) is 5.43 Å². The van der Waals surface area contributed by atoms with Crippen LogP contribution in [0.5, 0.6) is 5.75 Å². The van der Waals surface area contributed by atoms with Crippen LogP contribution in [-0.4, -0.2) is 12.1 Å². The average Bonchev–Trinajstić information content (AvgIpc) is 2.75. The Morgan fingerprint density at radius 3 is 2.61 bits per heavy atom. The lowest BCUT2D eigenvalue weighted by Crippen LogP contribution is -2.20. The number of aryl methyl sites for hydroxylation is 2. The predicted molar refractivity (Wildman–Crippen MR) is 122 cm³/mol. The lowest BCUT2D eigenvalue weighted by atomic mass is 10.0. The summed E-state index contributed by atoms with van der Waals surface area (Å²) in [5, 5.41) is 13.5. The van der Waals surface area contributed by atoms with E-state index < -0.39 is 0 Å². The van der Waals surface area contributed by atoms with Crippen LogP contribution in [-0.2, 0) is 17.8 Å². The van der Waals surface area contributed by atoms with Crippen molar-refractivity contribution >= 4 is 23.7 Å². The second kappa shape index (κ2) is 10.4. The molecule has 3 aromatic rings. The molecule has 0 aliphatic carbocycles. The number of nitriles is 1. The number of carbonyl (C=O) groups is 1. The van der Waals surface area contributed by atoms with E-state index in [0.717, 1.165) is 22.3 Å². The summed E-state index contributed by atoms with van der Waals surface area (Å²) in [5.41, 5.74) is 7.93. The molecule has 0 aliphatic heterocycles. The normalized spacial score (nSPS) is 10.6. The van der Waals surface area contributed by atoms with Crippen molar-refractivity contribution in [2.45, 2.75) is 26.9 Å². The number of amides is 1. The molecule has 1 N–H and O–H groups in total. The third kappa shape index (κ3) is 6.43. The summed E-state index contributed by atoms with van der Waals surface area (Å²) in [5.74, 6) is 0.381. The molecule has 156 valence electrons. The highest BCUT2D eigenvalue weighted by Gasteiger charge is 2.07. The highest BCUT2D eigenvalue weighted by Crippen LogP contribution is 2.22. The number of hydrogen-bond acceptors (Lipinski definition) is 4.